The third-order valence-corrected chi connectivity index (χ3v) is 6.03. The minimum atomic E-state index is 0. The van der Waals surface area contributed by atoms with Gasteiger partial charge in [0.05, 0.1) is 18.8 Å². The van der Waals surface area contributed by atoms with E-state index in [-0.39, 0.29) is 36.2 Å². The molecule has 2 N–H and O–H groups in total. The summed E-state index contributed by atoms with van der Waals surface area (Å²) in [7, 11) is 0. The predicted octanol–water partition coefficient (Wildman–Crippen LogP) is 4.60. The molecule has 1 aliphatic heterocycles. The summed E-state index contributed by atoms with van der Waals surface area (Å²) in [4.78, 5) is 13.0. The summed E-state index contributed by atoms with van der Waals surface area (Å²) in [5, 5.41) is 6.79. The number of anilines is 1. The number of nitrogens with zero attached hydrogens (tertiary/aromatic N) is 3. The lowest BCUT2D eigenvalue weighted by Crippen LogP contribution is -2.45. The van der Waals surface area contributed by atoms with Crippen LogP contribution in [0, 0.1) is 6.92 Å². The van der Waals surface area contributed by atoms with Crippen molar-refractivity contribution < 1.29 is 4.74 Å². The largest absolute Gasteiger partial charge is 0.372 e. The number of hydrogen-bond acceptors (Lipinski definition) is 5. The first-order valence-corrected chi connectivity index (χ1v) is 12.2. The zero-order valence-electron chi connectivity index (χ0n) is 19.7. The van der Waals surface area contributed by atoms with E-state index in [9.17, 15) is 0 Å². The lowest BCUT2D eigenvalue weighted by atomic mass is 10.1. The molecule has 2 aromatic rings. The molecule has 176 valence electrons. The number of halogens is 1. The van der Waals surface area contributed by atoms with Gasteiger partial charge in [0.25, 0.3) is 0 Å². The Hall–Kier alpha value is -1.52. The molecule has 6 nitrogen and oxygen atoms in total. The molecule has 1 aromatic heterocycles. The van der Waals surface area contributed by atoms with E-state index >= 15 is 0 Å². The Balaban J connectivity index is 0.00000363. The van der Waals surface area contributed by atoms with Crippen molar-refractivity contribution in [3.05, 3.63) is 53.2 Å². The maximum absolute atomic E-state index is 5.82. The van der Waals surface area contributed by atoms with Crippen LogP contribution in [0.4, 0.5) is 5.82 Å². The Bertz CT molecular complexity index is 867. The van der Waals surface area contributed by atoms with Crippen molar-refractivity contribution in [3.63, 3.8) is 0 Å². The standard InChI is InChI=1S/C24H35N5OS.HI/c1-6-25-24(28-14-21-9-7-17(2)11-22(21)31-5)27-13-20-8-10-23(26-12-20)29-15-18(3)30-19(4)16-29;/h7-12,18-19H,6,13-16H2,1-5H3,(H2,25,27,28);1H. The van der Waals surface area contributed by atoms with E-state index in [2.05, 4.69) is 84.8 Å². The van der Waals surface area contributed by atoms with Crippen LogP contribution in [-0.2, 0) is 17.8 Å². The van der Waals surface area contributed by atoms with Gasteiger partial charge in [0.2, 0.25) is 0 Å². The minimum Gasteiger partial charge on any atom is -0.372 e. The van der Waals surface area contributed by atoms with Gasteiger partial charge in [0.15, 0.2) is 5.96 Å². The number of ether oxygens (including phenoxy) is 1. The number of hydrogen-bond donors (Lipinski definition) is 2. The van der Waals surface area contributed by atoms with Crippen LogP contribution in [0.5, 0.6) is 0 Å². The molecule has 0 bridgehead atoms. The fraction of sp³-hybridized carbons (Fsp3) is 0.500. The highest BCUT2D eigenvalue weighted by Crippen LogP contribution is 2.22. The molecule has 1 saturated heterocycles. The number of rotatable bonds is 7. The van der Waals surface area contributed by atoms with Gasteiger partial charge >= 0.3 is 0 Å². The van der Waals surface area contributed by atoms with E-state index in [0.29, 0.717) is 6.54 Å². The molecule has 32 heavy (non-hydrogen) atoms. The summed E-state index contributed by atoms with van der Waals surface area (Å²) in [6, 6.07) is 10.8. The Morgan fingerprint density at radius 1 is 1.19 bits per heavy atom. The summed E-state index contributed by atoms with van der Waals surface area (Å²) in [6.07, 6.45) is 4.50. The van der Waals surface area contributed by atoms with Gasteiger partial charge in [-0.3, -0.25) is 0 Å². The number of aliphatic imine (C=N–C) groups is 1. The summed E-state index contributed by atoms with van der Waals surface area (Å²) in [5.41, 5.74) is 3.66. The van der Waals surface area contributed by atoms with Gasteiger partial charge in [-0.1, -0.05) is 18.2 Å². The number of benzene rings is 1. The van der Waals surface area contributed by atoms with Crippen molar-refractivity contribution in [1.29, 1.82) is 0 Å². The van der Waals surface area contributed by atoms with Crippen molar-refractivity contribution >= 4 is 47.5 Å². The van der Waals surface area contributed by atoms with Gasteiger partial charge < -0.3 is 20.3 Å². The smallest absolute Gasteiger partial charge is 0.191 e. The molecular formula is C24H36IN5OS. The third-order valence-electron chi connectivity index (χ3n) is 5.21. The normalized spacial score (nSPS) is 18.8. The molecule has 8 heteroatoms. The van der Waals surface area contributed by atoms with E-state index in [4.69, 9.17) is 9.73 Å². The topological polar surface area (TPSA) is 61.8 Å². The lowest BCUT2D eigenvalue weighted by molar-refractivity contribution is -0.00545. The van der Waals surface area contributed by atoms with Crippen LogP contribution in [0.3, 0.4) is 0 Å². The molecule has 0 radical (unpaired) electrons. The number of aryl methyl sites for hydroxylation is 1. The van der Waals surface area contributed by atoms with Crippen LogP contribution in [0.15, 0.2) is 46.4 Å². The molecule has 0 aliphatic carbocycles. The molecule has 2 unspecified atom stereocenters. The fourth-order valence-electron chi connectivity index (χ4n) is 3.75. The number of pyridine rings is 1. The molecule has 1 aliphatic rings. The Kier molecular flexibility index (Phi) is 11.1. The first-order valence-electron chi connectivity index (χ1n) is 11.0. The summed E-state index contributed by atoms with van der Waals surface area (Å²) in [6.45, 7) is 12.3. The molecule has 0 spiro atoms. The van der Waals surface area contributed by atoms with E-state index < -0.39 is 0 Å². The summed E-state index contributed by atoms with van der Waals surface area (Å²) in [5.74, 6) is 1.82. The average Bonchev–Trinajstić information content (AvgIpc) is 2.76. The number of aromatic nitrogens is 1. The lowest BCUT2D eigenvalue weighted by Gasteiger charge is -2.36. The van der Waals surface area contributed by atoms with Crippen LogP contribution in [0.25, 0.3) is 0 Å². The highest BCUT2D eigenvalue weighted by molar-refractivity contribution is 14.0. The van der Waals surface area contributed by atoms with Gasteiger partial charge in [0.1, 0.15) is 5.82 Å². The summed E-state index contributed by atoms with van der Waals surface area (Å²) >= 11 is 1.78. The van der Waals surface area contributed by atoms with Crippen molar-refractivity contribution in [2.24, 2.45) is 4.99 Å². The average molecular weight is 570 g/mol. The number of morpholine rings is 1. The van der Waals surface area contributed by atoms with Gasteiger partial charge in [0, 0.05) is 37.3 Å². The highest BCUT2D eigenvalue weighted by Gasteiger charge is 2.22. The van der Waals surface area contributed by atoms with Crippen LogP contribution in [-0.4, -0.2) is 49.0 Å². The number of guanidine groups is 1. The zero-order valence-corrected chi connectivity index (χ0v) is 22.9. The van der Waals surface area contributed by atoms with E-state index in [0.717, 1.165) is 43.5 Å². The van der Waals surface area contributed by atoms with E-state index in [1.54, 1.807) is 11.8 Å². The maximum Gasteiger partial charge on any atom is 0.191 e. The SMILES string of the molecule is CCNC(=NCc1ccc(N2CC(C)OC(C)C2)nc1)NCc1ccc(C)cc1SC.I. The Morgan fingerprint density at radius 3 is 2.56 bits per heavy atom. The van der Waals surface area contributed by atoms with Gasteiger partial charge in [-0.15, -0.1) is 35.7 Å². The van der Waals surface area contributed by atoms with E-state index in [1.165, 1.54) is 16.0 Å². The Labute approximate surface area is 214 Å². The molecule has 2 heterocycles. The molecule has 1 aromatic carbocycles. The van der Waals surface area contributed by atoms with Gasteiger partial charge in [-0.05, 0) is 62.8 Å². The van der Waals surface area contributed by atoms with Gasteiger partial charge in [-0.2, -0.15) is 0 Å². The maximum atomic E-state index is 5.82. The highest BCUT2D eigenvalue weighted by atomic mass is 127. The van der Waals surface area contributed by atoms with Crippen molar-refractivity contribution in [3.8, 4) is 0 Å². The first kappa shape index (κ1) is 26.7. The van der Waals surface area contributed by atoms with Crippen LogP contribution >= 0.6 is 35.7 Å². The van der Waals surface area contributed by atoms with Crippen LogP contribution in [0.1, 0.15) is 37.5 Å². The van der Waals surface area contributed by atoms with E-state index in [1.807, 2.05) is 6.20 Å². The zero-order chi connectivity index (χ0) is 22.2. The molecular weight excluding hydrogens is 533 g/mol. The monoisotopic (exact) mass is 569 g/mol. The second-order valence-electron chi connectivity index (χ2n) is 8.05. The van der Waals surface area contributed by atoms with Crippen molar-refractivity contribution in [1.82, 2.24) is 15.6 Å². The van der Waals surface area contributed by atoms with Gasteiger partial charge in [-0.25, -0.2) is 9.98 Å². The molecule has 1 fully saturated rings. The molecule has 0 amide bonds. The number of nitrogens with one attached hydrogen (secondary N) is 2. The van der Waals surface area contributed by atoms with Crippen LogP contribution in [0.2, 0.25) is 0 Å². The first-order chi connectivity index (χ1) is 15.0. The number of thioether (sulfide) groups is 1. The Morgan fingerprint density at radius 2 is 1.94 bits per heavy atom. The summed E-state index contributed by atoms with van der Waals surface area (Å²) < 4.78 is 5.82. The quantitative estimate of drug-likeness (QED) is 0.220. The molecule has 0 saturated carbocycles. The predicted molar refractivity (Wildman–Crippen MR) is 146 cm³/mol. The van der Waals surface area contributed by atoms with Crippen LogP contribution < -0.4 is 15.5 Å². The second kappa shape index (κ2) is 13.3. The minimum absolute atomic E-state index is 0. The second-order valence-corrected chi connectivity index (χ2v) is 8.90. The third kappa shape index (κ3) is 7.81. The molecule has 3 rings (SSSR count). The molecule has 2 atom stereocenters. The van der Waals surface area contributed by atoms with Crippen molar-refractivity contribution in [2.75, 3.05) is 30.8 Å². The van der Waals surface area contributed by atoms with Crippen molar-refractivity contribution in [2.45, 2.75) is 57.9 Å². The fourth-order valence-corrected chi connectivity index (χ4v) is 4.46.